The van der Waals surface area contributed by atoms with Crippen LogP contribution in [0.4, 0.5) is 0 Å². The molecular weight excluding hydrogens is 350 g/mol. The number of hydrogen-bond acceptors (Lipinski definition) is 5. The minimum atomic E-state index is 0.254. The Balaban J connectivity index is 1.40. The Morgan fingerprint density at radius 3 is 2.65 bits per heavy atom. The number of benzene rings is 1. The van der Waals surface area contributed by atoms with Crippen LogP contribution >= 0.6 is 11.6 Å². The maximum Gasteiger partial charge on any atom is 0.258 e. The van der Waals surface area contributed by atoms with Crippen molar-refractivity contribution in [3.63, 3.8) is 0 Å². The molecule has 0 atom stereocenters. The number of pyridine rings is 1. The molecule has 5 nitrogen and oxygen atoms in total. The zero-order chi connectivity index (χ0) is 18.1. The van der Waals surface area contributed by atoms with Crippen LogP contribution in [0.5, 0.6) is 5.75 Å². The van der Waals surface area contributed by atoms with Crippen LogP contribution in [-0.4, -0.2) is 34.2 Å². The van der Waals surface area contributed by atoms with E-state index in [0.717, 1.165) is 60.0 Å². The van der Waals surface area contributed by atoms with Crippen LogP contribution in [0.1, 0.15) is 29.8 Å². The van der Waals surface area contributed by atoms with Crippen molar-refractivity contribution in [3.05, 3.63) is 52.3 Å². The molecule has 0 saturated carbocycles. The Morgan fingerprint density at radius 2 is 1.92 bits per heavy atom. The second-order valence-electron chi connectivity index (χ2n) is 6.92. The number of hydrogen-bond donors (Lipinski definition) is 0. The molecule has 0 N–H and O–H groups in total. The fourth-order valence-electron chi connectivity index (χ4n) is 3.58. The number of aryl methyl sites for hydroxylation is 2. The van der Waals surface area contributed by atoms with Crippen molar-refractivity contribution in [1.82, 2.24) is 15.0 Å². The molecule has 0 aliphatic carbocycles. The third kappa shape index (κ3) is 3.69. The minimum absolute atomic E-state index is 0.254. The first-order valence-electron chi connectivity index (χ1n) is 8.95. The van der Waals surface area contributed by atoms with Gasteiger partial charge in [0.05, 0.1) is 11.1 Å². The van der Waals surface area contributed by atoms with Crippen molar-refractivity contribution in [2.75, 3.05) is 13.1 Å². The van der Waals surface area contributed by atoms with Gasteiger partial charge in [-0.15, -0.1) is 0 Å². The van der Waals surface area contributed by atoms with Gasteiger partial charge in [0.2, 0.25) is 0 Å². The first kappa shape index (κ1) is 17.3. The number of halogens is 1. The van der Waals surface area contributed by atoms with Gasteiger partial charge >= 0.3 is 0 Å². The van der Waals surface area contributed by atoms with Crippen molar-refractivity contribution >= 4 is 22.7 Å². The summed E-state index contributed by atoms with van der Waals surface area (Å²) in [4.78, 5) is 6.90. The third-order valence-electron chi connectivity index (χ3n) is 4.87. The Bertz CT molecular complexity index is 899. The van der Waals surface area contributed by atoms with Crippen LogP contribution in [-0.2, 0) is 6.54 Å². The summed E-state index contributed by atoms with van der Waals surface area (Å²) in [5.41, 5.74) is 3.75. The molecule has 1 aromatic carbocycles. The molecule has 3 aromatic rings. The third-order valence-corrected chi connectivity index (χ3v) is 5.12. The highest BCUT2D eigenvalue weighted by Crippen LogP contribution is 2.26. The number of likely N-dealkylation sites (tertiary alicyclic amines) is 1. The smallest absolute Gasteiger partial charge is 0.258 e. The van der Waals surface area contributed by atoms with E-state index < -0.39 is 0 Å². The average Bonchev–Trinajstić information content (AvgIpc) is 2.99. The van der Waals surface area contributed by atoms with Crippen molar-refractivity contribution in [3.8, 4) is 5.75 Å². The number of aromatic nitrogens is 2. The zero-order valence-electron chi connectivity index (χ0n) is 15.0. The predicted octanol–water partition coefficient (Wildman–Crippen LogP) is 4.54. The van der Waals surface area contributed by atoms with Gasteiger partial charge in [0, 0.05) is 30.4 Å². The molecule has 6 heteroatoms. The number of ether oxygens (including phenoxy) is 1. The highest BCUT2D eigenvalue weighted by Gasteiger charge is 2.22. The largest absolute Gasteiger partial charge is 0.490 e. The lowest BCUT2D eigenvalue weighted by Crippen LogP contribution is -2.37. The van der Waals surface area contributed by atoms with Crippen molar-refractivity contribution in [1.29, 1.82) is 0 Å². The lowest BCUT2D eigenvalue weighted by molar-refractivity contribution is 0.0970. The molecule has 0 bridgehead atoms. The molecule has 1 fully saturated rings. The second kappa shape index (κ2) is 7.25. The first-order valence-corrected chi connectivity index (χ1v) is 9.33. The summed E-state index contributed by atoms with van der Waals surface area (Å²) >= 11 is 5.93. The lowest BCUT2D eigenvalue weighted by atomic mass is 10.0. The number of piperidine rings is 1. The Morgan fingerprint density at radius 1 is 1.19 bits per heavy atom. The number of fused-ring (bicyclic) bond motifs is 1. The lowest BCUT2D eigenvalue weighted by Gasteiger charge is -2.32. The quantitative estimate of drug-likeness (QED) is 0.674. The van der Waals surface area contributed by atoms with E-state index in [0.29, 0.717) is 5.71 Å². The molecule has 0 amide bonds. The molecule has 136 valence electrons. The van der Waals surface area contributed by atoms with Gasteiger partial charge < -0.3 is 9.26 Å². The predicted molar refractivity (Wildman–Crippen MR) is 102 cm³/mol. The van der Waals surface area contributed by atoms with Gasteiger partial charge in [0.25, 0.3) is 5.71 Å². The topological polar surface area (TPSA) is 51.4 Å². The molecule has 1 saturated heterocycles. The number of rotatable bonds is 4. The Kier molecular flexibility index (Phi) is 4.83. The van der Waals surface area contributed by atoms with Crippen molar-refractivity contribution in [2.45, 2.75) is 39.3 Å². The van der Waals surface area contributed by atoms with E-state index >= 15 is 0 Å². The molecule has 1 aliphatic rings. The van der Waals surface area contributed by atoms with E-state index in [9.17, 15) is 0 Å². The van der Waals surface area contributed by atoms with Crippen molar-refractivity contribution in [2.24, 2.45) is 0 Å². The van der Waals surface area contributed by atoms with E-state index in [4.69, 9.17) is 20.9 Å². The molecule has 0 radical (unpaired) electrons. The fraction of sp³-hybridized carbons (Fsp3) is 0.400. The zero-order valence-corrected chi connectivity index (χ0v) is 15.8. The molecule has 1 aliphatic heterocycles. The summed E-state index contributed by atoms with van der Waals surface area (Å²) in [6, 6.07) is 9.73. The van der Waals surface area contributed by atoms with Crippen LogP contribution in [0.25, 0.3) is 11.1 Å². The van der Waals surface area contributed by atoms with E-state index in [-0.39, 0.29) is 6.10 Å². The molecule has 0 unspecified atom stereocenters. The maximum atomic E-state index is 6.08. The molecule has 0 spiro atoms. The van der Waals surface area contributed by atoms with Gasteiger partial charge in [-0.25, -0.2) is 4.98 Å². The number of nitrogens with zero attached hydrogens (tertiary/aromatic N) is 3. The van der Waals surface area contributed by atoms with Crippen LogP contribution in [0, 0.1) is 13.8 Å². The normalized spacial score (nSPS) is 16.3. The maximum absolute atomic E-state index is 6.08. The first-order chi connectivity index (χ1) is 12.6. The van der Waals surface area contributed by atoms with Crippen molar-refractivity contribution < 1.29 is 9.26 Å². The van der Waals surface area contributed by atoms with Gasteiger partial charge in [-0.3, -0.25) is 4.90 Å². The highest BCUT2D eigenvalue weighted by molar-refractivity contribution is 6.30. The summed E-state index contributed by atoms with van der Waals surface area (Å²) in [5.74, 6) is 0.888. The Labute approximate surface area is 157 Å². The highest BCUT2D eigenvalue weighted by atomic mass is 35.5. The summed E-state index contributed by atoms with van der Waals surface area (Å²) in [6.45, 7) is 6.86. The van der Waals surface area contributed by atoms with Crippen LogP contribution < -0.4 is 4.74 Å². The molecule has 3 heterocycles. The average molecular weight is 372 g/mol. The van der Waals surface area contributed by atoms with Gasteiger partial charge in [0.15, 0.2) is 0 Å². The molecular formula is C20H22ClN3O2. The van der Waals surface area contributed by atoms with Gasteiger partial charge in [-0.1, -0.05) is 16.8 Å². The van der Waals surface area contributed by atoms with E-state index in [2.05, 4.69) is 21.1 Å². The second-order valence-corrected chi connectivity index (χ2v) is 7.35. The van der Waals surface area contributed by atoms with Crippen LogP contribution in [0.2, 0.25) is 5.02 Å². The summed E-state index contributed by atoms with van der Waals surface area (Å²) < 4.78 is 11.4. The summed E-state index contributed by atoms with van der Waals surface area (Å²) in [6.07, 6.45) is 2.28. The molecule has 4 rings (SSSR count). The van der Waals surface area contributed by atoms with E-state index in [1.54, 1.807) is 0 Å². The standard InChI is InChI=1S/C20H22ClN3O2/c1-13-11-15(19-14(2)23-26-20(19)22-13)12-24-9-7-18(8-10-24)25-17-5-3-16(21)4-6-17/h3-6,11,18H,7-10,12H2,1-2H3. The SMILES string of the molecule is Cc1cc(CN2CCC(Oc3ccc(Cl)cc3)CC2)c2c(C)noc2n1. The monoisotopic (exact) mass is 371 g/mol. The van der Waals surface area contributed by atoms with E-state index in [1.807, 2.05) is 38.1 Å². The minimum Gasteiger partial charge on any atom is -0.490 e. The summed E-state index contributed by atoms with van der Waals surface area (Å²) in [7, 11) is 0. The Hall–Kier alpha value is -2.11. The fourth-order valence-corrected chi connectivity index (χ4v) is 3.70. The van der Waals surface area contributed by atoms with Crippen LogP contribution in [0.3, 0.4) is 0 Å². The van der Waals surface area contributed by atoms with Gasteiger partial charge in [-0.2, -0.15) is 0 Å². The van der Waals surface area contributed by atoms with Crippen LogP contribution in [0.15, 0.2) is 34.9 Å². The summed E-state index contributed by atoms with van der Waals surface area (Å²) in [5, 5.41) is 5.85. The van der Waals surface area contributed by atoms with Gasteiger partial charge in [0.1, 0.15) is 11.9 Å². The molecule has 26 heavy (non-hydrogen) atoms. The van der Waals surface area contributed by atoms with Gasteiger partial charge in [-0.05, 0) is 62.6 Å². The molecule has 2 aromatic heterocycles. The van der Waals surface area contributed by atoms with E-state index in [1.165, 1.54) is 5.56 Å².